The van der Waals surface area contributed by atoms with E-state index in [0.717, 1.165) is 66.1 Å². The van der Waals surface area contributed by atoms with Crippen LogP contribution in [0.3, 0.4) is 0 Å². The Morgan fingerprint density at radius 1 is 0.375 bits per heavy atom. The SMILES string of the molecule is c1ccc(-c2nc(-n3c4cccc5c6cc(-c7cccc8oc9ccccc9c78)ccc6c6c7ccccc7cc3c6c54)nc3ccc4ccccc4c23)cc1. The average molecular weight is 712 g/mol. The van der Waals surface area contributed by atoms with Crippen LogP contribution in [0.4, 0.5) is 0 Å². The maximum absolute atomic E-state index is 6.32. The highest BCUT2D eigenvalue weighted by atomic mass is 16.3. The molecule has 0 radical (unpaired) electrons. The average Bonchev–Trinajstić information content (AvgIpc) is 3.81. The third kappa shape index (κ3) is 3.97. The molecule has 0 bridgehead atoms. The molecular formula is C52H29N3O. The molecular weight excluding hydrogens is 683 g/mol. The smallest absolute Gasteiger partial charge is 0.235 e. The van der Waals surface area contributed by atoms with Crippen LogP contribution in [0.25, 0.3) is 126 Å². The number of fused-ring (bicyclic) bond motifs is 11. The van der Waals surface area contributed by atoms with Crippen LogP contribution in [0.15, 0.2) is 180 Å². The number of furan rings is 1. The van der Waals surface area contributed by atoms with Crippen molar-refractivity contribution in [1.29, 1.82) is 0 Å². The van der Waals surface area contributed by atoms with Crippen LogP contribution in [0.5, 0.6) is 0 Å². The largest absolute Gasteiger partial charge is 0.456 e. The lowest BCUT2D eigenvalue weighted by Crippen LogP contribution is -2.03. The zero-order chi connectivity index (χ0) is 36.5. The van der Waals surface area contributed by atoms with Crippen molar-refractivity contribution in [1.82, 2.24) is 14.5 Å². The van der Waals surface area contributed by atoms with E-state index < -0.39 is 0 Å². The first-order valence-corrected chi connectivity index (χ1v) is 19.1. The molecule has 0 amide bonds. The van der Waals surface area contributed by atoms with E-state index in [0.29, 0.717) is 5.95 Å². The monoisotopic (exact) mass is 711 g/mol. The van der Waals surface area contributed by atoms with Gasteiger partial charge in [-0.2, -0.15) is 0 Å². The highest BCUT2D eigenvalue weighted by Crippen LogP contribution is 2.48. The molecule has 3 aromatic heterocycles. The van der Waals surface area contributed by atoms with Crippen molar-refractivity contribution in [2.75, 3.05) is 0 Å². The van der Waals surface area contributed by atoms with E-state index in [-0.39, 0.29) is 0 Å². The third-order valence-corrected chi connectivity index (χ3v) is 11.9. The van der Waals surface area contributed by atoms with E-state index in [2.05, 4.69) is 174 Å². The summed E-state index contributed by atoms with van der Waals surface area (Å²) in [5, 5.41) is 15.5. The van der Waals surface area contributed by atoms with Crippen LogP contribution in [0.1, 0.15) is 0 Å². The van der Waals surface area contributed by atoms with Crippen LogP contribution in [0, 0.1) is 0 Å². The Balaban J connectivity index is 1.17. The quantitative estimate of drug-likeness (QED) is 0.171. The van der Waals surface area contributed by atoms with Crippen LogP contribution in [-0.2, 0) is 0 Å². The van der Waals surface area contributed by atoms with Gasteiger partial charge in [-0.05, 0) is 85.2 Å². The fourth-order valence-corrected chi connectivity index (χ4v) is 9.56. The number of hydrogen-bond acceptors (Lipinski definition) is 3. The van der Waals surface area contributed by atoms with Gasteiger partial charge in [-0.1, -0.05) is 140 Å². The van der Waals surface area contributed by atoms with Crippen molar-refractivity contribution in [2.45, 2.75) is 0 Å². The van der Waals surface area contributed by atoms with Gasteiger partial charge in [0.25, 0.3) is 0 Å². The molecule has 0 fully saturated rings. The van der Waals surface area contributed by atoms with Crippen LogP contribution in [-0.4, -0.2) is 14.5 Å². The Morgan fingerprint density at radius 3 is 1.98 bits per heavy atom. The first-order chi connectivity index (χ1) is 27.8. The maximum atomic E-state index is 6.32. The summed E-state index contributed by atoms with van der Waals surface area (Å²) in [6, 6.07) is 62.9. The fraction of sp³-hybridized carbons (Fsp3) is 0. The molecule has 258 valence electrons. The normalized spacial score (nSPS) is 12.3. The van der Waals surface area contributed by atoms with Crippen molar-refractivity contribution >= 4 is 97.7 Å². The van der Waals surface area contributed by atoms with Gasteiger partial charge in [-0.3, -0.25) is 4.57 Å². The molecule has 56 heavy (non-hydrogen) atoms. The van der Waals surface area contributed by atoms with Crippen molar-refractivity contribution in [3.8, 4) is 28.3 Å². The van der Waals surface area contributed by atoms with E-state index in [1.807, 2.05) is 6.07 Å². The maximum Gasteiger partial charge on any atom is 0.235 e. The molecule has 13 rings (SSSR count). The summed E-state index contributed by atoms with van der Waals surface area (Å²) in [6.07, 6.45) is 0. The topological polar surface area (TPSA) is 43.9 Å². The summed E-state index contributed by atoms with van der Waals surface area (Å²) in [4.78, 5) is 10.9. The number of rotatable bonds is 3. The Bertz CT molecular complexity index is 3760. The summed E-state index contributed by atoms with van der Waals surface area (Å²) >= 11 is 0. The Hall–Kier alpha value is -7.56. The minimum atomic E-state index is 0.662. The molecule has 4 heteroatoms. The predicted octanol–water partition coefficient (Wildman–Crippen LogP) is 14.0. The molecule has 10 aromatic carbocycles. The molecule has 3 heterocycles. The Morgan fingerprint density at radius 2 is 1.09 bits per heavy atom. The highest BCUT2D eigenvalue weighted by molar-refractivity contribution is 6.39. The van der Waals surface area contributed by atoms with Gasteiger partial charge >= 0.3 is 0 Å². The molecule has 0 N–H and O–H groups in total. The minimum Gasteiger partial charge on any atom is -0.456 e. The van der Waals surface area contributed by atoms with Crippen molar-refractivity contribution < 1.29 is 4.42 Å². The summed E-state index contributed by atoms with van der Waals surface area (Å²) in [5.74, 6) is 0.662. The molecule has 0 unspecified atom stereocenters. The van der Waals surface area contributed by atoms with Crippen LogP contribution < -0.4 is 0 Å². The van der Waals surface area contributed by atoms with Gasteiger partial charge in [0.05, 0.1) is 22.2 Å². The van der Waals surface area contributed by atoms with Gasteiger partial charge in [0.2, 0.25) is 5.95 Å². The van der Waals surface area contributed by atoms with Gasteiger partial charge in [0, 0.05) is 37.9 Å². The van der Waals surface area contributed by atoms with Crippen LogP contribution in [0.2, 0.25) is 0 Å². The Kier molecular flexibility index (Phi) is 5.86. The molecule has 13 aromatic rings. The summed E-state index contributed by atoms with van der Waals surface area (Å²) in [5.41, 5.74) is 9.24. The summed E-state index contributed by atoms with van der Waals surface area (Å²) < 4.78 is 8.62. The number of para-hydroxylation sites is 1. The first kappa shape index (κ1) is 29.8. The van der Waals surface area contributed by atoms with E-state index in [9.17, 15) is 0 Å². The summed E-state index contributed by atoms with van der Waals surface area (Å²) in [6.45, 7) is 0. The Labute approximate surface area is 319 Å². The molecule has 0 atom stereocenters. The third-order valence-electron chi connectivity index (χ3n) is 11.9. The predicted molar refractivity (Wildman–Crippen MR) is 233 cm³/mol. The number of benzene rings is 10. The second-order valence-electron chi connectivity index (χ2n) is 14.9. The lowest BCUT2D eigenvalue weighted by molar-refractivity contribution is 0.669. The second-order valence-corrected chi connectivity index (χ2v) is 14.9. The zero-order valence-electron chi connectivity index (χ0n) is 30.0. The molecule has 0 aliphatic heterocycles. The lowest BCUT2D eigenvalue weighted by Gasteiger charge is -2.14. The zero-order valence-corrected chi connectivity index (χ0v) is 30.0. The standard InChI is InChI=1S/C52H29N3O/c1-2-13-31(14-3-1)51-48-34-16-6-4-12-30(34)25-27-41(48)53-52(54-51)55-42-21-10-20-37-40-28-33(35-19-11-23-45-46(35)39-18-8-9-22-44(39)56-45)24-26-38(40)47-36-17-7-5-15-32(36)29-43(55)50(47)49(37)42/h1-29H. The van der Waals surface area contributed by atoms with E-state index in [4.69, 9.17) is 14.4 Å². The van der Waals surface area contributed by atoms with Gasteiger partial charge in [-0.15, -0.1) is 0 Å². The fourth-order valence-electron chi connectivity index (χ4n) is 9.56. The minimum absolute atomic E-state index is 0.662. The number of aromatic nitrogens is 3. The molecule has 0 saturated heterocycles. The summed E-state index contributed by atoms with van der Waals surface area (Å²) in [7, 11) is 0. The molecule has 0 spiro atoms. The van der Waals surface area contributed by atoms with Crippen molar-refractivity contribution in [2.24, 2.45) is 0 Å². The molecule has 0 aliphatic rings. The lowest BCUT2D eigenvalue weighted by atomic mass is 9.89. The first-order valence-electron chi connectivity index (χ1n) is 19.1. The van der Waals surface area contributed by atoms with E-state index in [1.54, 1.807) is 0 Å². The number of hydrogen-bond donors (Lipinski definition) is 0. The van der Waals surface area contributed by atoms with Gasteiger partial charge < -0.3 is 4.42 Å². The van der Waals surface area contributed by atoms with Crippen LogP contribution >= 0.6 is 0 Å². The van der Waals surface area contributed by atoms with Gasteiger partial charge in [-0.25, -0.2) is 9.97 Å². The van der Waals surface area contributed by atoms with E-state index >= 15 is 0 Å². The highest BCUT2D eigenvalue weighted by Gasteiger charge is 2.24. The molecule has 4 nitrogen and oxygen atoms in total. The van der Waals surface area contributed by atoms with E-state index in [1.165, 1.54) is 54.0 Å². The van der Waals surface area contributed by atoms with Crippen molar-refractivity contribution in [3.63, 3.8) is 0 Å². The van der Waals surface area contributed by atoms with Crippen molar-refractivity contribution in [3.05, 3.63) is 176 Å². The number of nitrogens with zero attached hydrogens (tertiary/aromatic N) is 3. The van der Waals surface area contributed by atoms with Gasteiger partial charge in [0.15, 0.2) is 0 Å². The van der Waals surface area contributed by atoms with Gasteiger partial charge in [0.1, 0.15) is 11.2 Å². The second kappa shape index (κ2) is 11.0. The molecule has 0 aliphatic carbocycles. The molecule has 0 saturated carbocycles.